The van der Waals surface area contributed by atoms with E-state index in [1.165, 1.54) is 0 Å². The number of carbonyl (C=O) groups is 1. The lowest BCUT2D eigenvalue weighted by Crippen LogP contribution is -2.46. The molecule has 14 heavy (non-hydrogen) atoms. The summed E-state index contributed by atoms with van der Waals surface area (Å²) in [7, 11) is 1.62. The van der Waals surface area contributed by atoms with Crippen LogP contribution in [0, 0.1) is 0 Å². The summed E-state index contributed by atoms with van der Waals surface area (Å²) in [6.45, 7) is 5.15. The quantitative estimate of drug-likeness (QED) is 0.620. The monoisotopic (exact) mass is 217 g/mol. The van der Waals surface area contributed by atoms with Crippen LogP contribution in [0.4, 0.5) is 0 Å². The Bertz CT molecular complexity index is 208. The van der Waals surface area contributed by atoms with E-state index in [0.29, 0.717) is 11.5 Å². The van der Waals surface area contributed by atoms with E-state index in [1.54, 1.807) is 7.05 Å². The van der Waals surface area contributed by atoms with Crippen molar-refractivity contribution in [3.8, 4) is 0 Å². The number of rotatable bonds is 6. The number of hydrogen-bond acceptors (Lipinski definition) is 3. The highest BCUT2D eigenvalue weighted by molar-refractivity contribution is 7.80. The molecule has 0 aromatic heterocycles. The zero-order valence-corrected chi connectivity index (χ0v) is 9.86. The SMILES string of the molecule is CCCN(CC(=O)NC)C(C)C(N)=S. The van der Waals surface area contributed by atoms with Crippen molar-refractivity contribution in [3.05, 3.63) is 0 Å². The van der Waals surface area contributed by atoms with Crippen molar-refractivity contribution >= 4 is 23.1 Å². The molecule has 0 spiro atoms. The van der Waals surface area contributed by atoms with Crippen molar-refractivity contribution in [1.29, 1.82) is 0 Å². The number of nitrogens with two attached hydrogens (primary N) is 1. The highest BCUT2D eigenvalue weighted by atomic mass is 32.1. The fourth-order valence-electron chi connectivity index (χ4n) is 1.14. The Morgan fingerprint density at radius 3 is 2.57 bits per heavy atom. The van der Waals surface area contributed by atoms with E-state index < -0.39 is 0 Å². The maximum atomic E-state index is 11.2. The minimum atomic E-state index is -0.0257. The highest BCUT2D eigenvalue weighted by Crippen LogP contribution is 2.00. The molecule has 0 aromatic carbocycles. The van der Waals surface area contributed by atoms with Crippen molar-refractivity contribution in [2.75, 3.05) is 20.1 Å². The average molecular weight is 217 g/mol. The molecule has 0 aliphatic heterocycles. The van der Waals surface area contributed by atoms with Gasteiger partial charge in [0, 0.05) is 7.05 Å². The van der Waals surface area contributed by atoms with Crippen LogP contribution in [0.2, 0.25) is 0 Å². The molecule has 0 aromatic rings. The summed E-state index contributed by atoms with van der Waals surface area (Å²) < 4.78 is 0. The van der Waals surface area contributed by atoms with Crippen molar-refractivity contribution < 1.29 is 4.79 Å². The van der Waals surface area contributed by atoms with Crippen LogP contribution < -0.4 is 11.1 Å². The number of likely N-dealkylation sites (N-methyl/N-ethyl adjacent to an activating group) is 1. The van der Waals surface area contributed by atoms with Gasteiger partial charge in [0.25, 0.3) is 0 Å². The lowest BCUT2D eigenvalue weighted by atomic mass is 10.2. The molecule has 0 aliphatic rings. The fraction of sp³-hybridized carbons (Fsp3) is 0.778. The molecule has 1 amide bonds. The van der Waals surface area contributed by atoms with Crippen molar-refractivity contribution in [1.82, 2.24) is 10.2 Å². The van der Waals surface area contributed by atoms with E-state index in [9.17, 15) is 4.79 Å². The molecule has 0 bridgehead atoms. The fourth-order valence-corrected chi connectivity index (χ4v) is 1.29. The topological polar surface area (TPSA) is 58.4 Å². The zero-order chi connectivity index (χ0) is 11.1. The molecule has 0 heterocycles. The minimum absolute atomic E-state index is 0.0125. The zero-order valence-electron chi connectivity index (χ0n) is 9.04. The summed E-state index contributed by atoms with van der Waals surface area (Å²) in [4.78, 5) is 13.6. The van der Waals surface area contributed by atoms with Gasteiger partial charge in [-0.05, 0) is 19.9 Å². The molecule has 3 N–H and O–H groups in total. The van der Waals surface area contributed by atoms with Crippen molar-refractivity contribution in [2.45, 2.75) is 26.3 Å². The Hall–Kier alpha value is -0.680. The molecule has 0 saturated heterocycles. The molecule has 5 heteroatoms. The van der Waals surface area contributed by atoms with Crippen LogP contribution in [0.15, 0.2) is 0 Å². The Kier molecular flexibility index (Phi) is 6.40. The molecule has 0 saturated carbocycles. The van der Waals surface area contributed by atoms with Gasteiger partial charge >= 0.3 is 0 Å². The normalized spacial score (nSPS) is 12.6. The first-order valence-electron chi connectivity index (χ1n) is 4.76. The third-order valence-corrected chi connectivity index (χ3v) is 2.44. The van der Waals surface area contributed by atoms with Crippen LogP contribution >= 0.6 is 12.2 Å². The van der Waals surface area contributed by atoms with E-state index in [1.807, 2.05) is 11.8 Å². The van der Waals surface area contributed by atoms with Gasteiger partial charge in [0.1, 0.15) is 0 Å². The second-order valence-corrected chi connectivity index (χ2v) is 3.69. The van der Waals surface area contributed by atoms with Crippen LogP contribution in [-0.2, 0) is 4.79 Å². The summed E-state index contributed by atoms with van der Waals surface area (Å²) >= 11 is 4.90. The molecule has 0 radical (unpaired) electrons. The molecular weight excluding hydrogens is 198 g/mol. The van der Waals surface area contributed by atoms with Gasteiger partial charge in [-0.15, -0.1) is 0 Å². The maximum Gasteiger partial charge on any atom is 0.233 e. The average Bonchev–Trinajstić information content (AvgIpc) is 2.15. The lowest BCUT2D eigenvalue weighted by Gasteiger charge is -2.26. The van der Waals surface area contributed by atoms with E-state index in [4.69, 9.17) is 18.0 Å². The van der Waals surface area contributed by atoms with Gasteiger partial charge in [-0.25, -0.2) is 0 Å². The van der Waals surface area contributed by atoms with Gasteiger partial charge in [-0.2, -0.15) is 0 Å². The Morgan fingerprint density at radius 2 is 2.21 bits per heavy atom. The lowest BCUT2D eigenvalue weighted by molar-refractivity contribution is -0.121. The van der Waals surface area contributed by atoms with Gasteiger partial charge in [0.05, 0.1) is 17.6 Å². The Morgan fingerprint density at radius 1 is 1.64 bits per heavy atom. The summed E-state index contributed by atoms with van der Waals surface area (Å²) in [6.07, 6.45) is 0.976. The van der Waals surface area contributed by atoms with Crippen LogP contribution in [-0.4, -0.2) is 42.0 Å². The minimum Gasteiger partial charge on any atom is -0.392 e. The molecule has 0 fully saturated rings. The van der Waals surface area contributed by atoms with Crippen LogP contribution in [0.1, 0.15) is 20.3 Å². The first-order chi connectivity index (χ1) is 6.52. The third kappa shape index (κ3) is 4.53. The summed E-state index contributed by atoms with van der Waals surface area (Å²) in [6, 6.07) is -0.0257. The molecular formula is C9H19N3OS. The number of carbonyl (C=O) groups excluding carboxylic acids is 1. The van der Waals surface area contributed by atoms with Crippen LogP contribution in [0.5, 0.6) is 0 Å². The number of hydrogen-bond donors (Lipinski definition) is 2. The van der Waals surface area contributed by atoms with Gasteiger partial charge in [-0.3, -0.25) is 9.69 Å². The van der Waals surface area contributed by atoms with Crippen molar-refractivity contribution in [3.63, 3.8) is 0 Å². The smallest absolute Gasteiger partial charge is 0.233 e. The number of nitrogens with zero attached hydrogens (tertiary/aromatic N) is 1. The molecule has 1 unspecified atom stereocenters. The predicted octanol–water partition coefficient (Wildman–Crippen LogP) is 0.119. The molecule has 4 nitrogen and oxygen atoms in total. The maximum absolute atomic E-state index is 11.2. The molecule has 0 rings (SSSR count). The van der Waals surface area contributed by atoms with Crippen LogP contribution in [0.25, 0.3) is 0 Å². The number of amides is 1. The van der Waals surface area contributed by atoms with E-state index in [2.05, 4.69) is 12.2 Å². The first-order valence-corrected chi connectivity index (χ1v) is 5.17. The molecule has 0 aliphatic carbocycles. The number of nitrogens with one attached hydrogen (secondary N) is 1. The van der Waals surface area contributed by atoms with E-state index in [-0.39, 0.29) is 11.9 Å². The summed E-state index contributed by atoms with van der Waals surface area (Å²) in [5.41, 5.74) is 5.54. The Balaban J connectivity index is 4.27. The third-order valence-electron chi connectivity index (χ3n) is 2.10. The molecule has 1 atom stereocenters. The summed E-state index contributed by atoms with van der Waals surface area (Å²) in [5, 5.41) is 2.58. The highest BCUT2D eigenvalue weighted by Gasteiger charge is 2.17. The van der Waals surface area contributed by atoms with Crippen molar-refractivity contribution in [2.24, 2.45) is 5.73 Å². The van der Waals surface area contributed by atoms with E-state index >= 15 is 0 Å². The largest absolute Gasteiger partial charge is 0.392 e. The Labute approximate surface area is 90.8 Å². The van der Waals surface area contributed by atoms with Gasteiger partial charge < -0.3 is 11.1 Å². The number of thiocarbonyl (C=S) groups is 1. The van der Waals surface area contributed by atoms with Gasteiger partial charge in [0.15, 0.2) is 0 Å². The second-order valence-electron chi connectivity index (χ2n) is 3.22. The summed E-state index contributed by atoms with van der Waals surface area (Å²) in [5.74, 6) is -0.0125. The first kappa shape index (κ1) is 13.3. The van der Waals surface area contributed by atoms with Gasteiger partial charge in [-0.1, -0.05) is 19.1 Å². The molecule has 82 valence electrons. The second kappa shape index (κ2) is 6.73. The standard InChI is InChI=1S/C9H19N3OS/c1-4-5-12(6-8(13)11-3)7(2)9(10)14/h7H,4-6H2,1-3H3,(H2,10,14)(H,11,13). The van der Waals surface area contributed by atoms with E-state index in [0.717, 1.165) is 13.0 Å². The van der Waals surface area contributed by atoms with Crippen LogP contribution in [0.3, 0.4) is 0 Å². The van der Waals surface area contributed by atoms with Gasteiger partial charge in [0.2, 0.25) is 5.91 Å². The predicted molar refractivity (Wildman–Crippen MR) is 62.2 cm³/mol.